The molecule has 0 bridgehead atoms. The molecule has 5 unspecified atom stereocenters. The Morgan fingerprint density at radius 2 is 1.78 bits per heavy atom. The van der Waals surface area contributed by atoms with Crippen molar-refractivity contribution in [3.05, 3.63) is 0 Å². The van der Waals surface area contributed by atoms with Crippen molar-refractivity contribution in [1.82, 2.24) is 9.80 Å². The number of piperazine rings is 1. The Labute approximate surface area is 111 Å². The van der Waals surface area contributed by atoms with Crippen molar-refractivity contribution in [2.24, 2.45) is 5.73 Å². The van der Waals surface area contributed by atoms with E-state index in [4.69, 9.17) is 10.5 Å². The van der Waals surface area contributed by atoms with Crippen LogP contribution >= 0.6 is 0 Å². The van der Waals surface area contributed by atoms with Gasteiger partial charge in [0.15, 0.2) is 0 Å². The summed E-state index contributed by atoms with van der Waals surface area (Å²) >= 11 is 0. The first-order valence-electron chi connectivity index (χ1n) is 7.34. The van der Waals surface area contributed by atoms with Crippen LogP contribution in [0.1, 0.15) is 33.6 Å². The highest BCUT2D eigenvalue weighted by Gasteiger charge is 2.36. The molecular formula is C14H29N3O. The van der Waals surface area contributed by atoms with Gasteiger partial charge in [-0.15, -0.1) is 0 Å². The Bertz CT molecular complexity index is 262. The Balaban J connectivity index is 2.00. The first-order chi connectivity index (χ1) is 8.52. The first kappa shape index (κ1) is 14.3. The molecule has 4 nitrogen and oxygen atoms in total. The van der Waals surface area contributed by atoms with Crippen molar-refractivity contribution in [2.75, 3.05) is 26.7 Å². The van der Waals surface area contributed by atoms with E-state index >= 15 is 0 Å². The highest BCUT2D eigenvalue weighted by molar-refractivity contribution is 4.92. The summed E-state index contributed by atoms with van der Waals surface area (Å²) in [6, 6.07) is 1.59. The summed E-state index contributed by atoms with van der Waals surface area (Å²) < 4.78 is 6.03. The predicted octanol–water partition coefficient (Wildman–Crippen LogP) is 0.906. The van der Waals surface area contributed by atoms with E-state index in [9.17, 15) is 0 Å². The molecule has 2 saturated heterocycles. The van der Waals surface area contributed by atoms with Crippen LogP contribution in [0.2, 0.25) is 0 Å². The monoisotopic (exact) mass is 255 g/mol. The van der Waals surface area contributed by atoms with Crippen LogP contribution in [-0.2, 0) is 4.74 Å². The van der Waals surface area contributed by atoms with Crippen LogP contribution in [0.5, 0.6) is 0 Å². The van der Waals surface area contributed by atoms with E-state index in [1.54, 1.807) is 0 Å². The topological polar surface area (TPSA) is 41.7 Å². The summed E-state index contributed by atoms with van der Waals surface area (Å²) in [5.74, 6) is 0. The normalized spacial score (nSPS) is 41.2. The lowest BCUT2D eigenvalue weighted by molar-refractivity contribution is -0.0367. The number of ether oxygens (including phenoxy) is 1. The molecule has 2 rings (SSSR count). The van der Waals surface area contributed by atoms with Crippen molar-refractivity contribution in [2.45, 2.75) is 63.9 Å². The van der Waals surface area contributed by atoms with Gasteiger partial charge in [0.1, 0.15) is 0 Å². The lowest BCUT2D eigenvalue weighted by atomic mass is 10.0. The van der Waals surface area contributed by atoms with Crippen LogP contribution in [0.3, 0.4) is 0 Å². The zero-order valence-electron chi connectivity index (χ0n) is 12.3. The Morgan fingerprint density at radius 3 is 2.22 bits per heavy atom. The Hall–Kier alpha value is -0.160. The zero-order valence-corrected chi connectivity index (χ0v) is 12.3. The molecule has 0 aromatic heterocycles. The molecule has 2 aliphatic heterocycles. The van der Waals surface area contributed by atoms with Gasteiger partial charge in [0, 0.05) is 37.8 Å². The molecule has 0 aromatic rings. The molecule has 18 heavy (non-hydrogen) atoms. The number of nitrogens with two attached hydrogens (primary N) is 1. The molecule has 2 aliphatic rings. The summed E-state index contributed by atoms with van der Waals surface area (Å²) in [6.45, 7) is 9.69. The summed E-state index contributed by atoms with van der Waals surface area (Å²) in [6.07, 6.45) is 3.09. The molecule has 0 radical (unpaired) electrons. The lowest BCUT2D eigenvalue weighted by Crippen LogP contribution is -2.61. The molecule has 0 aliphatic carbocycles. The first-order valence-corrected chi connectivity index (χ1v) is 7.34. The van der Waals surface area contributed by atoms with E-state index < -0.39 is 0 Å². The lowest BCUT2D eigenvalue weighted by Gasteiger charge is -2.46. The van der Waals surface area contributed by atoms with Gasteiger partial charge in [-0.1, -0.05) is 0 Å². The van der Waals surface area contributed by atoms with E-state index in [1.807, 2.05) is 0 Å². The highest BCUT2D eigenvalue weighted by atomic mass is 16.5. The number of likely N-dealkylation sites (N-methyl/N-ethyl adjacent to an activating group) is 1. The summed E-state index contributed by atoms with van der Waals surface area (Å²) in [7, 11) is 2.22. The second kappa shape index (κ2) is 5.87. The molecular weight excluding hydrogens is 226 g/mol. The van der Waals surface area contributed by atoms with Gasteiger partial charge in [-0.2, -0.15) is 0 Å². The van der Waals surface area contributed by atoms with Crippen LogP contribution in [0.15, 0.2) is 0 Å². The van der Waals surface area contributed by atoms with Gasteiger partial charge < -0.3 is 10.5 Å². The molecule has 4 heteroatoms. The zero-order chi connectivity index (χ0) is 13.3. The van der Waals surface area contributed by atoms with Crippen LogP contribution in [-0.4, -0.2) is 66.8 Å². The van der Waals surface area contributed by atoms with Gasteiger partial charge in [0.05, 0.1) is 12.2 Å². The fourth-order valence-electron chi connectivity index (χ4n) is 3.37. The molecule has 0 spiro atoms. The van der Waals surface area contributed by atoms with Crippen LogP contribution in [0.25, 0.3) is 0 Å². The SMILES string of the molecule is CC1CCC(C(CN)N2CC(C)N(C)C(C)C2)O1. The Kier molecular flexibility index (Phi) is 4.64. The molecule has 2 fully saturated rings. The molecule has 106 valence electrons. The number of hydrogen-bond acceptors (Lipinski definition) is 4. The molecule has 0 amide bonds. The van der Waals surface area contributed by atoms with E-state index in [1.165, 1.54) is 6.42 Å². The van der Waals surface area contributed by atoms with E-state index in [0.717, 1.165) is 19.5 Å². The fraction of sp³-hybridized carbons (Fsp3) is 1.00. The standard InChI is InChI=1S/C14H29N3O/c1-10-8-17(9-11(2)16(10)4)13(7-15)14-6-5-12(3)18-14/h10-14H,5-9,15H2,1-4H3. The van der Waals surface area contributed by atoms with Crippen molar-refractivity contribution in [3.63, 3.8) is 0 Å². The average molecular weight is 255 g/mol. The minimum Gasteiger partial charge on any atom is -0.374 e. The number of nitrogens with zero attached hydrogens (tertiary/aromatic N) is 2. The highest BCUT2D eigenvalue weighted by Crippen LogP contribution is 2.26. The van der Waals surface area contributed by atoms with Crippen LogP contribution in [0, 0.1) is 0 Å². The van der Waals surface area contributed by atoms with E-state index in [2.05, 4.69) is 37.6 Å². The molecule has 0 saturated carbocycles. The van der Waals surface area contributed by atoms with Gasteiger partial charge in [-0.3, -0.25) is 9.80 Å². The van der Waals surface area contributed by atoms with Gasteiger partial charge in [0.2, 0.25) is 0 Å². The maximum absolute atomic E-state index is 6.03. The third-order valence-electron chi connectivity index (χ3n) is 4.79. The maximum Gasteiger partial charge on any atom is 0.0747 e. The third kappa shape index (κ3) is 2.87. The largest absolute Gasteiger partial charge is 0.374 e. The van der Waals surface area contributed by atoms with Crippen LogP contribution < -0.4 is 5.73 Å². The minimum absolute atomic E-state index is 0.341. The van der Waals surface area contributed by atoms with Gasteiger partial charge in [0.25, 0.3) is 0 Å². The van der Waals surface area contributed by atoms with Gasteiger partial charge in [-0.05, 0) is 40.7 Å². The van der Waals surface area contributed by atoms with E-state index in [-0.39, 0.29) is 0 Å². The second-order valence-corrected chi connectivity index (χ2v) is 6.18. The number of hydrogen-bond donors (Lipinski definition) is 1. The number of rotatable bonds is 3. The summed E-state index contributed by atoms with van der Waals surface area (Å²) in [4.78, 5) is 5.01. The molecule has 2 heterocycles. The third-order valence-corrected chi connectivity index (χ3v) is 4.79. The molecule has 2 N–H and O–H groups in total. The fourth-order valence-corrected chi connectivity index (χ4v) is 3.37. The summed E-state index contributed by atoms with van der Waals surface area (Å²) in [5, 5.41) is 0. The smallest absolute Gasteiger partial charge is 0.0747 e. The van der Waals surface area contributed by atoms with Crippen LogP contribution in [0.4, 0.5) is 0 Å². The van der Waals surface area contributed by atoms with Crippen molar-refractivity contribution in [3.8, 4) is 0 Å². The van der Waals surface area contributed by atoms with Gasteiger partial charge in [-0.25, -0.2) is 0 Å². The minimum atomic E-state index is 0.341. The predicted molar refractivity (Wildman–Crippen MR) is 74.7 cm³/mol. The second-order valence-electron chi connectivity index (χ2n) is 6.18. The maximum atomic E-state index is 6.03. The average Bonchev–Trinajstić information content (AvgIpc) is 2.73. The Morgan fingerprint density at radius 1 is 1.17 bits per heavy atom. The van der Waals surface area contributed by atoms with Gasteiger partial charge >= 0.3 is 0 Å². The van der Waals surface area contributed by atoms with E-state index in [0.29, 0.717) is 36.9 Å². The molecule has 0 aromatic carbocycles. The van der Waals surface area contributed by atoms with Crippen molar-refractivity contribution < 1.29 is 4.74 Å². The quantitative estimate of drug-likeness (QED) is 0.814. The van der Waals surface area contributed by atoms with Crippen molar-refractivity contribution >= 4 is 0 Å². The van der Waals surface area contributed by atoms with Crippen molar-refractivity contribution in [1.29, 1.82) is 0 Å². The summed E-state index contributed by atoms with van der Waals surface area (Å²) in [5.41, 5.74) is 6.02. The molecule has 5 atom stereocenters.